The molecule has 0 aliphatic carbocycles. The van der Waals surface area contributed by atoms with E-state index in [0.29, 0.717) is 24.9 Å². The molecule has 2 unspecified atom stereocenters. The SMILES string of the molecule is COC(=O)c1cccc(S(=O)(=O)N2CCC3CNCC3C2)c1. The molecule has 1 aromatic carbocycles. The van der Waals surface area contributed by atoms with E-state index in [4.69, 9.17) is 0 Å². The highest BCUT2D eigenvalue weighted by atomic mass is 32.2. The van der Waals surface area contributed by atoms with Gasteiger partial charge in [-0.05, 0) is 49.5 Å². The van der Waals surface area contributed by atoms with Gasteiger partial charge in [-0.25, -0.2) is 13.2 Å². The maximum Gasteiger partial charge on any atom is 0.337 e. The van der Waals surface area contributed by atoms with Crippen molar-refractivity contribution in [2.75, 3.05) is 33.3 Å². The van der Waals surface area contributed by atoms with Crippen molar-refractivity contribution in [3.8, 4) is 0 Å². The number of ether oxygens (including phenoxy) is 1. The molecule has 3 rings (SSSR count). The molecule has 0 bridgehead atoms. The number of esters is 1. The van der Waals surface area contributed by atoms with E-state index in [0.717, 1.165) is 19.5 Å². The molecule has 6 nitrogen and oxygen atoms in total. The van der Waals surface area contributed by atoms with Gasteiger partial charge < -0.3 is 10.1 Å². The fourth-order valence-electron chi connectivity index (χ4n) is 3.27. The molecule has 2 aliphatic rings. The normalized spacial score (nSPS) is 25.7. The van der Waals surface area contributed by atoms with Crippen LogP contribution < -0.4 is 5.32 Å². The Morgan fingerprint density at radius 3 is 2.86 bits per heavy atom. The first-order valence-electron chi connectivity index (χ1n) is 7.41. The Hall–Kier alpha value is -1.44. The van der Waals surface area contributed by atoms with E-state index >= 15 is 0 Å². The number of hydrogen-bond donors (Lipinski definition) is 1. The third kappa shape index (κ3) is 2.76. The van der Waals surface area contributed by atoms with Gasteiger partial charge in [0.2, 0.25) is 10.0 Å². The van der Waals surface area contributed by atoms with Crippen molar-refractivity contribution in [3.05, 3.63) is 29.8 Å². The van der Waals surface area contributed by atoms with Crippen LogP contribution in [-0.2, 0) is 14.8 Å². The third-order valence-corrected chi connectivity index (χ3v) is 6.42. The summed E-state index contributed by atoms with van der Waals surface area (Å²) in [5, 5.41) is 3.33. The second-order valence-electron chi connectivity index (χ2n) is 5.85. The van der Waals surface area contributed by atoms with Gasteiger partial charge in [0, 0.05) is 13.1 Å². The zero-order chi connectivity index (χ0) is 15.7. The minimum atomic E-state index is -3.57. The first-order valence-corrected chi connectivity index (χ1v) is 8.85. The first-order chi connectivity index (χ1) is 10.5. The summed E-state index contributed by atoms with van der Waals surface area (Å²) >= 11 is 0. The van der Waals surface area contributed by atoms with Gasteiger partial charge in [0.05, 0.1) is 17.6 Å². The van der Waals surface area contributed by atoms with Crippen molar-refractivity contribution >= 4 is 16.0 Å². The smallest absolute Gasteiger partial charge is 0.337 e. The lowest BCUT2D eigenvalue weighted by atomic mass is 9.90. The van der Waals surface area contributed by atoms with E-state index in [1.165, 1.54) is 23.5 Å². The lowest BCUT2D eigenvalue weighted by Crippen LogP contribution is -2.43. The number of hydrogen-bond acceptors (Lipinski definition) is 5. The summed E-state index contributed by atoms with van der Waals surface area (Å²) < 4.78 is 31.8. The number of nitrogens with one attached hydrogen (secondary N) is 1. The van der Waals surface area contributed by atoms with Gasteiger partial charge in [0.1, 0.15) is 0 Å². The number of methoxy groups -OCH3 is 1. The van der Waals surface area contributed by atoms with Crippen molar-refractivity contribution in [3.63, 3.8) is 0 Å². The van der Waals surface area contributed by atoms with Crippen molar-refractivity contribution in [2.45, 2.75) is 11.3 Å². The van der Waals surface area contributed by atoms with Gasteiger partial charge in [-0.15, -0.1) is 0 Å². The number of carbonyl (C=O) groups excluding carboxylic acids is 1. The zero-order valence-corrected chi connectivity index (χ0v) is 13.3. The predicted octanol–water partition coefficient (Wildman–Crippen LogP) is 0.703. The highest BCUT2D eigenvalue weighted by Gasteiger charge is 2.37. The van der Waals surface area contributed by atoms with Crippen LogP contribution in [0.4, 0.5) is 0 Å². The minimum absolute atomic E-state index is 0.153. The number of fused-ring (bicyclic) bond motifs is 1. The molecule has 2 saturated heterocycles. The van der Waals surface area contributed by atoms with Crippen molar-refractivity contribution in [1.29, 1.82) is 0 Å². The number of sulfonamides is 1. The maximum atomic E-state index is 12.8. The van der Waals surface area contributed by atoms with Crippen molar-refractivity contribution in [1.82, 2.24) is 9.62 Å². The van der Waals surface area contributed by atoms with E-state index < -0.39 is 16.0 Å². The van der Waals surface area contributed by atoms with Gasteiger partial charge >= 0.3 is 5.97 Å². The lowest BCUT2D eigenvalue weighted by Gasteiger charge is -2.33. The molecular weight excluding hydrogens is 304 g/mol. The molecular formula is C15H20N2O4S. The number of nitrogens with zero attached hydrogens (tertiary/aromatic N) is 1. The topological polar surface area (TPSA) is 75.7 Å². The summed E-state index contributed by atoms with van der Waals surface area (Å²) in [6.07, 6.45) is 0.883. The van der Waals surface area contributed by atoms with Crippen LogP contribution in [0.5, 0.6) is 0 Å². The van der Waals surface area contributed by atoms with Crippen LogP contribution >= 0.6 is 0 Å². The highest BCUT2D eigenvalue weighted by Crippen LogP contribution is 2.30. The molecule has 22 heavy (non-hydrogen) atoms. The Morgan fingerprint density at radius 1 is 1.32 bits per heavy atom. The van der Waals surface area contributed by atoms with Crippen LogP contribution in [0.25, 0.3) is 0 Å². The summed E-state index contributed by atoms with van der Waals surface area (Å²) in [5.74, 6) is 0.427. The van der Waals surface area contributed by atoms with Gasteiger partial charge in [-0.1, -0.05) is 6.07 Å². The molecule has 7 heteroatoms. The number of carbonyl (C=O) groups is 1. The van der Waals surface area contributed by atoms with E-state index in [1.807, 2.05) is 0 Å². The molecule has 2 aliphatic heterocycles. The van der Waals surface area contributed by atoms with Crippen LogP contribution in [0.1, 0.15) is 16.8 Å². The first kappa shape index (κ1) is 15.5. The van der Waals surface area contributed by atoms with Crippen LogP contribution in [0.3, 0.4) is 0 Å². The van der Waals surface area contributed by atoms with Crippen molar-refractivity contribution in [2.24, 2.45) is 11.8 Å². The average Bonchev–Trinajstić information content (AvgIpc) is 3.01. The number of piperidine rings is 1. The summed E-state index contributed by atoms with van der Waals surface area (Å²) in [4.78, 5) is 11.7. The lowest BCUT2D eigenvalue weighted by molar-refractivity contribution is 0.0600. The van der Waals surface area contributed by atoms with E-state index in [1.54, 1.807) is 12.1 Å². The quantitative estimate of drug-likeness (QED) is 0.829. The van der Waals surface area contributed by atoms with Crippen LogP contribution in [-0.4, -0.2) is 52.0 Å². The number of rotatable bonds is 3. The van der Waals surface area contributed by atoms with Gasteiger partial charge in [-0.3, -0.25) is 0 Å². The zero-order valence-electron chi connectivity index (χ0n) is 12.5. The Balaban J connectivity index is 1.85. The van der Waals surface area contributed by atoms with Crippen LogP contribution in [0.15, 0.2) is 29.2 Å². The van der Waals surface area contributed by atoms with E-state index in [-0.39, 0.29) is 10.5 Å². The molecule has 1 N–H and O–H groups in total. The largest absolute Gasteiger partial charge is 0.465 e. The Kier molecular flexibility index (Phi) is 4.20. The molecule has 0 spiro atoms. The summed E-state index contributed by atoms with van der Waals surface area (Å²) in [6, 6.07) is 6.04. The van der Waals surface area contributed by atoms with Crippen molar-refractivity contribution < 1.29 is 17.9 Å². The second-order valence-corrected chi connectivity index (χ2v) is 7.79. The number of benzene rings is 1. The molecule has 0 radical (unpaired) electrons. The van der Waals surface area contributed by atoms with E-state index in [2.05, 4.69) is 10.1 Å². The Bertz CT molecular complexity index is 674. The second kappa shape index (κ2) is 5.98. The predicted molar refractivity (Wildman–Crippen MR) is 81.0 cm³/mol. The molecule has 0 saturated carbocycles. The molecule has 2 fully saturated rings. The summed E-state index contributed by atoms with van der Waals surface area (Å²) in [7, 11) is -2.29. The fourth-order valence-corrected chi connectivity index (χ4v) is 4.83. The maximum absolute atomic E-state index is 12.8. The third-order valence-electron chi connectivity index (χ3n) is 4.56. The highest BCUT2D eigenvalue weighted by molar-refractivity contribution is 7.89. The Labute approximate surface area is 130 Å². The average molecular weight is 324 g/mol. The van der Waals surface area contributed by atoms with Crippen LogP contribution in [0, 0.1) is 11.8 Å². The fraction of sp³-hybridized carbons (Fsp3) is 0.533. The van der Waals surface area contributed by atoms with E-state index in [9.17, 15) is 13.2 Å². The van der Waals surface area contributed by atoms with Gasteiger partial charge in [-0.2, -0.15) is 4.31 Å². The Morgan fingerprint density at radius 2 is 2.09 bits per heavy atom. The summed E-state index contributed by atoms with van der Waals surface area (Å²) in [6.45, 7) is 2.94. The molecule has 120 valence electrons. The molecule has 1 aromatic rings. The summed E-state index contributed by atoms with van der Waals surface area (Å²) in [5.41, 5.74) is 0.251. The standard InChI is InChI=1S/C15H20N2O4S/c1-21-15(18)11-3-2-4-14(7-11)22(19,20)17-6-5-12-8-16-9-13(12)10-17/h2-4,7,12-13,16H,5-6,8-10H2,1H3. The monoisotopic (exact) mass is 324 g/mol. The van der Waals surface area contributed by atoms with Gasteiger partial charge in [0.25, 0.3) is 0 Å². The molecule has 2 heterocycles. The van der Waals surface area contributed by atoms with Gasteiger partial charge in [0.15, 0.2) is 0 Å². The molecule has 0 amide bonds. The van der Waals surface area contributed by atoms with Crippen LogP contribution in [0.2, 0.25) is 0 Å². The molecule has 2 atom stereocenters. The molecule has 0 aromatic heterocycles. The minimum Gasteiger partial charge on any atom is -0.465 e.